The highest BCUT2D eigenvalue weighted by molar-refractivity contribution is 5.81. The van der Waals surface area contributed by atoms with Gasteiger partial charge in [0, 0.05) is 49.8 Å². The summed E-state index contributed by atoms with van der Waals surface area (Å²) in [6, 6.07) is 0. The summed E-state index contributed by atoms with van der Waals surface area (Å²) in [6.45, 7) is 5.66. The fourth-order valence-corrected chi connectivity index (χ4v) is 4.15. The summed E-state index contributed by atoms with van der Waals surface area (Å²) < 4.78 is 5.73. The molecule has 0 unspecified atom stereocenters. The number of fused-ring (bicyclic) bond motifs is 1. The molecule has 1 amide bonds. The molecule has 1 aromatic heterocycles. The normalized spacial score (nSPS) is 28.8. The van der Waals surface area contributed by atoms with Gasteiger partial charge in [0.15, 0.2) is 0 Å². The zero-order chi connectivity index (χ0) is 15.8. The number of hydrogen-bond acceptors (Lipinski definition) is 4. The van der Waals surface area contributed by atoms with Crippen LogP contribution in [0.5, 0.6) is 0 Å². The molecular formula is C17H26N4O2. The highest BCUT2D eigenvalue weighted by Gasteiger charge is 2.34. The number of hydrogen-bond donors (Lipinski definition) is 2. The van der Waals surface area contributed by atoms with E-state index in [1.165, 1.54) is 17.0 Å². The zero-order valence-electron chi connectivity index (χ0n) is 13.8. The monoisotopic (exact) mass is 318 g/mol. The molecule has 0 bridgehead atoms. The van der Waals surface area contributed by atoms with Crippen LogP contribution in [0.2, 0.25) is 0 Å². The molecule has 2 N–H and O–H groups in total. The van der Waals surface area contributed by atoms with E-state index in [1.54, 1.807) is 0 Å². The Balaban J connectivity index is 1.37. The molecule has 2 atom stereocenters. The molecule has 0 radical (unpaired) electrons. The van der Waals surface area contributed by atoms with E-state index in [1.807, 2.05) is 11.8 Å². The van der Waals surface area contributed by atoms with Gasteiger partial charge in [0.1, 0.15) is 6.10 Å². The molecular weight excluding hydrogens is 292 g/mol. The van der Waals surface area contributed by atoms with Crippen LogP contribution in [-0.4, -0.2) is 52.8 Å². The highest BCUT2D eigenvalue weighted by atomic mass is 16.5. The van der Waals surface area contributed by atoms with Gasteiger partial charge in [-0.1, -0.05) is 0 Å². The third kappa shape index (κ3) is 2.90. The van der Waals surface area contributed by atoms with Gasteiger partial charge < -0.3 is 15.0 Å². The van der Waals surface area contributed by atoms with Gasteiger partial charge in [-0.3, -0.25) is 9.89 Å². The van der Waals surface area contributed by atoms with Crippen LogP contribution in [0.1, 0.15) is 55.5 Å². The SMILES string of the molecule is C[C@@H]1CC[C@H](C(=O)N2CCC(c3n[nH]c4c3CNCC4)CC2)O1. The number of carbonyl (C=O) groups excluding carboxylic acids is 1. The van der Waals surface area contributed by atoms with E-state index in [0.29, 0.717) is 5.92 Å². The van der Waals surface area contributed by atoms with Crippen molar-refractivity contribution >= 4 is 5.91 Å². The largest absolute Gasteiger partial charge is 0.365 e. The second kappa shape index (κ2) is 6.24. The molecule has 4 rings (SSSR count). The van der Waals surface area contributed by atoms with E-state index in [9.17, 15) is 4.79 Å². The minimum absolute atomic E-state index is 0.193. The molecule has 3 aliphatic heterocycles. The lowest BCUT2D eigenvalue weighted by atomic mass is 9.89. The third-order valence-corrected chi connectivity index (χ3v) is 5.54. The number of nitrogens with zero attached hydrogens (tertiary/aromatic N) is 2. The average molecular weight is 318 g/mol. The molecule has 126 valence electrons. The number of aromatic amines is 1. The summed E-state index contributed by atoms with van der Waals surface area (Å²) in [5, 5.41) is 11.2. The third-order valence-electron chi connectivity index (χ3n) is 5.54. The van der Waals surface area contributed by atoms with Crippen LogP contribution >= 0.6 is 0 Å². The van der Waals surface area contributed by atoms with Crippen LogP contribution in [0.3, 0.4) is 0 Å². The van der Waals surface area contributed by atoms with Crippen molar-refractivity contribution < 1.29 is 9.53 Å². The molecule has 3 aliphatic rings. The average Bonchev–Trinajstić information content (AvgIpc) is 3.21. The van der Waals surface area contributed by atoms with E-state index in [2.05, 4.69) is 15.5 Å². The summed E-state index contributed by atoms with van der Waals surface area (Å²) in [4.78, 5) is 14.5. The number of H-pyrrole nitrogens is 1. The van der Waals surface area contributed by atoms with Crippen LogP contribution in [0.25, 0.3) is 0 Å². The van der Waals surface area contributed by atoms with Crippen molar-refractivity contribution in [2.45, 2.75) is 63.7 Å². The van der Waals surface area contributed by atoms with E-state index in [0.717, 1.165) is 58.3 Å². The summed E-state index contributed by atoms with van der Waals surface area (Å²) in [6.07, 6.45) is 4.94. The molecule has 0 saturated carbocycles. The van der Waals surface area contributed by atoms with Crippen LogP contribution in [-0.2, 0) is 22.5 Å². The maximum Gasteiger partial charge on any atom is 0.251 e. The van der Waals surface area contributed by atoms with Gasteiger partial charge >= 0.3 is 0 Å². The molecule has 0 spiro atoms. The van der Waals surface area contributed by atoms with Crippen molar-refractivity contribution in [3.8, 4) is 0 Å². The van der Waals surface area contributed by atoms with Crippen molar-refractivity contribution in [2.75, 3.05) is 19.6 Å². The standard InChI is InChI=1S/C17H26N4O2/c1-11-2-3-15(23-11)17(22)21-8-5-12(6-9-21)16-13-10-18-7-4-14(13)19-20-16/h11-12,15,18H,2-10H2,1H3,(H,19,20)/t11-,15-/m1/s1. The molecule has 0 aliphatic carbocycles. The van der Waals surface area contributed by atoms with Gasteiger partial charge in [-0.2, -0.15) is 5.10 Å². The Bertz CT molecular complexity index is 577. The Labute approximate surface area is 137 Å². The quantitative estimate of drug-likeness (QED) is 0.863. The number of likely N-dealkylation sites (tertiary alicyclic amines) is 1. The first kappa shape index (κ1) is 15.1. The molecule has 4 heterocycles. The van der Waals surface area contributed by atoms with Gasteiger partial charge in [-0.05, 0) is 32.6 Å². The molecule has 0 aromatic carbocycles. The number of ether oxygens (including phenoxy) is 1. The second-order valence-corrected chi connectivity index (χ2v) is 7.10. The fraction of sp³-hybridized carbons (Fsp3) is 0.765. The smallest absolute Gasteiger partial charge is 0.251 e. The van der Waals surface area contributed by atoms with E-state index in [4.69, 9.17) is 4.74 Å². The first-order chi connectivity index (χ1) is 11.2. The Morgan fingerprint density at radius 2 is 2.09 bits per heavy atom. The van der Waals surface area contributed by atoms with Crippen LogP contribution in [0.15, 0.2) is 0 Å². The van der Waals surface area contributed by atoms with Gasteiger partial charge in [0.05, 0.1) is 11.8 Å². The van der Waals surface area contributed by atoms with Crippen LogP contribution in [0, 0.1) is 0 Å². The Hall–Kier alpha value is -1.40. The van der Waals surface area contributed by atoms with Crippen LogP contribution in [0.4, 0.5) is 0 Å². The van der Waals surface area contributed by atoms with Crippen molar-refractivity contribution in [1.82, 2.24) is 20.4 Å². The number of rotatable bonds is 2. The predicted molar refractivity (Wildman–Crippen MR) is 86.1 cm³/mol. The summed E-state index contributed by atoms with van der Waals surface area (Å²) in [5.41, 5.74) is 3.89. The summed E-state index contributed by atoms with van der Waals surface area (Å²) >= 11 is 0. The molecule has 23 heavy (non-hydrogen) atoms. The maximum atomic E-state index is 12.5. The van der Waals surface area contributed by atoms with E-state index in [-0.39, 0.29) is 18.1 Å². The minimum atomic E-state index is -0.205. The van der Waals surface area contributed by atoms with Gasteiger partial charge in [0.25, 0.3) is 5.91 Å². The minimum Gasteiger partial charge on any atom is -0.365 e. The van der Waals surface area contributed by atoms with E-state index >= 15 is 0 Å². The Morgan fingerprint density at radius 3 is 2.83 bits per heavy atom. The van der Waals surface area contributed by atoms with Crippen molar-refractivity contribution in [1.29, 1.82) is 0 Å². The molecule has 6 heteroatoms. The Morgan fingerprint density at radius 1 is 1.26 bits per heavy atom. The van der Waals surface area contributed by atoms with Crippen LogP contribution < -0.4 is 5.32 Å². The van der Waals surface area contributed by atoms with Gasteiger partial charge in [-0.25, -0.2) is 0 Å². The zero-order valence-corrected chi connectivity index (χ0v) is 13.8. The first-order valence-electron chi connectivity index (χ1n) is 8.93. The number of amides is 1. The molecule has 2 saturated heterocycles. The fourth-order valence-electron chi connectivity index (χ4n) is 4.15. The lowest BCUT2D eigenvalue weighted by molar-refractivity contribution is -0.143. The molecule has 2 fully saturated rings. The number of carbonyl (C=O) groups is 1. The maximum absolute atomic E-state index is 12.5. The van der Waals surface area contributed by atoms with Crippen molar-refractivity contribution in [3.05, 3.63) is 17.0 Å². The van der Waals surface area contributed by atoms with Crippen molar-refractivity contribution in [2.24, 2.45) is 0 Å². The van der Waals surface area contributed by atoms with Gasteiger partial charge in [0.2, 0.25) is 0 Å². The topological polar surface area (TPSA) is 70.2 Å². The lowest BCUT2D eigenvalue weighted by Crippen LogP contribution is -2.43. The highest BCUT2D eigenvalue weighted by Crippen LogP contribution is 2.32. The number of nitrogens with one attached hydrogen (secondary N) is 2. The van der Waals surface area contributed by atoms with Crippen molar-refractivity contribution in [3.63, 3.8) is 0 Å². The number of piperidine rings is 1. The first-order valence-corrected chi connectivity index (χ1v) is 8.93. The summed E-state index contributed by atoms with van der Waals surface area (Å²) in [5.74, 6) is 0.667. The number of aromatic nitrogens is 2. The summed E-state index contributed by atoms with van der Waals surface area (Å²) in [7, 11) is 0. The lowest BCUT2D eigenvalue weighted by Gasteiger charge is -2.33. The Kier molecular flexibility index (Phi) is 4.11. The van der Waals surface area contributed by atoms with Gasteiger partial charge in [-0.15, -0.1) is 0 Å². The molecule has 6 nitrogen and oxygen atoms in total. The predicted octanol–water partition coefficient (Wildman–Crippen LogP) is 1.33. The van der Waals surface area contributed by atoms with E-state index < -0.39 is 0 Å². The second-order valence-electron chi connectivity index (χ2n) is 7.10. The molecule has 1 aromatic rings.